The second kappa shape index (κ2) is 41.9. The van der Waals surface area contributed by atoms with Gasteiger partial charge in [0.2, 0.25) is 5.91 Å². The number of ether oxygens (including phenoxy) is 1. The number of hydroxylamine groups is 2. The van der Waals surface area contributed by atoms with Gasteiger partial charge in [0.1, 0.15) is 6.10 Å². The van der Waals surface area contributed by atoms with Gasteiger partial charge in [-0.25, -0.2) is 14.2 Å². The number of carbonyl (C=O) groups is 2. The number of carbonyl (C=O) groups excluding carboxylic acids is 2. The average Bonchev–Trinajstić information content (AvgIpc) is 3.18. The Morgan fingerprint density at radius 3 is 1.29 bits per heavy atom. The van der Waals surface area contributed by atoms with Crippen molar-refractivity contribution in [2.24, 2.45) is 0 Å². The van der Waals surface area contributed by atoms with Gasteiger partial charge in [-0.05, 0) is 84.8 Å². The molecule has 0 radical (unpaired) electrons. The lowest BCUT2D eigenvalue weighted by atomic mass is 9.99. The molecule has 0 aliphatic carbocycles. The summed E-state index contributed by atoms with van der Waals surface area (Å²) in [7, 11) is 4.12. The minimum absolute atomic E-state index is 0.0799. The Bertz CT molecular complexity index is 829. The maximum absolute atomic E-state index is 15.1. The molecule has 0 saturated carbocycles. The topological polar surface area (TPSA) is 59.1 Å². The number of unbranched alkanes of at least 4 members (excludes halogenated alkanes) is 24. The SMILES string of the molecule is CCCCCCCCCCON(C(=O)CCCN(C)C)C(CCCCCCCCC)CCCCCCC(F)C(=O)OC(CCCCCCC)CCCCCCC. The summed E-state index contributed by atoms with van der Waals surface area (Å²) in [4.78, 5) is 35.1. The lowest BCUT2D eigenvalue weighted by molar-refractivity contribution is -0.203. The molecule has 0 saturated heterocycles. The second-order valence-corrected chi connectivity index (χ2v) is 17.4. The standard InChI is InChI=1S/C49H97FN2O4/c1-7-11-15-19-21-23-29-35-44-55-52(48(53)42-36-43-51(5)6)45(37-30-26-22-20-16-12-8-2)38-31-27-28-34-41-47(50)49(54)56-46(39-32-24-17-13-9-3)40-33-25-18-14-10-4/h45-47H,7-44H2,1-6H3. The molecule has 0 fully saturated rings. The van der Waals surface area contributed by atoms with Crippen molar-refractivity contribution in [3.8, 4) is 0 Å². The lowest BCUT2D eigenvalue weighted by Gasteiger charge is -2.31. The van der Waals surface area contributed by atoms with Gasteiger partial charge in [-0.2, -0.15) is 0 Å². The van der Waals surface area contributed by atoms with Gasteiger partial charge in [0.15, 0.2) is 6.17 Å². The summed E-state index contributed by atoms with van der Waals surface area (Å²) in [6.07, 6.45) is 37.4. The van der Waals surface area contributed by atoms with Crippen LogP contribution in [0.15, 0.2) is 0 Å². The van der Waals surface area contributed by atoms with Crippen molar-refractivity contribution in [1.29, 1.82) is 0 Å². The van der Waals surface area contributed by atoms with Crippen molar-refractivity contribution in [3.05, 3.63) is 0 Å². The molecule has 1 amide bonds. The van der Waals surface area contributed by atoms with Crippen LogP contribution in [0.3, 0.4) is 0 Å². The fourth-order valence-electron chi connectivity index (χ4n) is 7.78. The van der Waals surface area contributed by atoms with Gasteiger partial charge in [-0.3, -0.25) is 9.63 Å². The largest absolute Gasteiger partial charge is 0.460 e. The smallest absolute Gasteiger partial charge is 0.340 e. The minimum Gasteiger partial charge on any atom is -0.460 e. The van der Waals surface area contributed by atoms with E-state index in [-0.39, 0.29) is 24.5 Å². The molecular weight excluding hydrogens is 700 g/mol. The Labute approximate surface area is 348 Å². The van der Waals surface area contributed by atoms with E-state index in [4.69, 9.17) is 9.57 Å². The third kappa shape index (κ3) is 34.8. The summed E-state index contributed by atoms with van der Waals surface area (Å²) in [5, 5.41) is 1.80. The van der Waals surface area contributed by atoms with E-state index in [1.807, 2.05) is 0 Å². The van der Waals surface area contributed by atoms with Crippen LogP contribution in [0.1, 0.15) is 259 Å². The highest BCUT2D eigenvalue weighted by molar-refractivity contribution is 5.75. The van der Waals surface area contributed by atoms with Crippen LogP contribution in [-0.2, 0) is 19.2 Å². The van der Waals surface area contributed by atoms with Crippen LogP contribution in [0.25, 0.3) is 0 Å². The number of hydrogen-bond donors (Lipinski definition) is 0. The summed E-state index contributed by atoms with van der Waals surface area (Å²) < 4.78 is 20.9. The molecule has 0 aliphatic heterocycles. The summed E-state index contributed by atoms with van der Waals surface area (Å²) in [5.74, 6) is -0.526. The van der Waals surface area contributed by atoms with Gasteiger partial charge in [0, 0.05) is 6.42 Å². The zero-order valence-corrected chi connectivity index (χ0v) is 38.5. The number of esters is 1. The number of alkyl halides is 1. The van der Waals surface area contributed by atoms with Gasteiger partial charge in [-0.15, -0.1) is 0 Å². The average molecular weight is 797 g/mol. The summed E-state index contributed by atoms with van der Waals surface area (Å²) in [6, 6.07) is 0.0799. The molecule has 0 aliphatic rings. The molecule has 0 bridgehead atoms. The number of amides is 1. The van der Waals surface area contributed by atoms with E-state index in [0.717, 1.165) is 103 Å². The number of rotatable bonds is 44. The first-order valence-corrected chi connectivity index (χ1v) is 24.7. The molecule has 7 heteroatoms. The highest BCUT2D eigenvalue weighted by Gasteiger charge is 2.25. The van der Waals surface area contributed by atoms with Gasteiger partial charge in [0.05, 0.1) is 12.6 Å². The molecule has 0 N–H and O–H groups in total. The van der Waals surface area contributed by atoms with E-state index < -0.39 is 12.1 Å². The van der Waals surface area contributed by atoms with Gasteiger partial charge < -0.3 is 9.64 Å². The fraction of sp³-hybridized carbons (Fsp3) is 0.959. The fourth-order valence-corrected chi connectivity index (χ4v) is 7.78. The second-order valence-electron chi connectivity index (χ2n) is 17.4. The number of nitrogens with zero attached hydrogens (tertiary/aromatic N) is 2. The van der Waals surface area contributed by atoms with E-state index in [9.17, 15) is 9.59 Å². The molecule has 0 rings (SSSR count). The molecule has 6 nitrogen and oxygen atoms in total. The van der Waals surface area contributed by atoms with Gasteiger partial charge in [0.25, 0.3) is 0 Å². The van der Waals surface area contributed by atoms with E-state index >= 15 is 4.39 Å². The molecule has 0 spiro atoms. The highest BCUT2D eigenvalue weighted by atomic mass is 19.1. The van der Waals surface area contributed by atoms with Crippen LogP contribution in [0.4, 0.5) is 4.39 Å². The van der Waals surface area contributed by atoms with E-state index in [1.165, 1.54) is 116 Å². The number of hydrogen-bond acceptors (Lipinski definition) is 5. The molecule has 0 aromatic rings. The maximum Gasteiger partial charge on any atom is 0.340 e. The van der Waals surface area contributed by atoms with Crippen LogP contribution in [0.2, 0.25) is 0 Å². The molecule has 0 aromatic carbocycles. The van der Waals surface area contributed by atoms with Crippen LogP contribution in [0.5, 0.6) is 0 Å². The van der Waals surface area contributed by atoms with E-state index in [0.29, 0.717) is 19.4 Å². The molecule has 0 heterocycles. The first kappa shape index (κ1) is 54.8. The molecule has 2 atom stereocenters. The van der Waals surface area contributed by atoms with Crippen molar-refractivity contribution < 1.29 is 23.6 Å². The molecule has 0 aromatic heterocycles. The molecule has 334 valence electrons. The first-order chi connectivity index (χ1) is 27.3. The molecular formula is C49H97FN2O4. The Kier molecular flexibility index (Phi) is 41.0. The van der Waals surface area contributed by atoms with E-state index in [2.05, 4.69) is 46.7 Å². The van der Waals surface area contributed by atoms with E-state index in [1.54, 1.807) is 5.06 Å². The van der Waals surface area contributed by atoms with Crippen molar-refractivity contribution >= 4 is 11.9 Å². The number of halogens is 1. The van der Waals surface area contributed by atoms with Crippen molar-refractivity contribution in [1.82, 2.24) is 9.96 Å². The van der Waals surface area contributed by atoms with Crippen molar-refractivity contribution in [3.63, 3.8) is 0 Å². The Morgan fingerprint density at radius 2 is 0.857 bits per heavy atom. The zero-order chi connectivity index (χ0) is 41.3. The Balaban J connectivity index is 5.13. The van der Waals surface area contributed by atoms with Gasteiger partial charge >= 0.3 is 5.97 Å². The molecule has 2 unspecified atom stereocenters. The minimum atomic E-state index is -1.54. The first-order valence-electron chi connectivity index (χ1n) is 24.7. The predicted molar refractivity (Wildman–Crippen MR) is 239 cm³/mol. The predicted octanol–water partition coefficient (Wildman–Crippen LogP) is 15.0. The van der Waals surface area contributed by atoms with Gasteiger partial charge in [-0.1, -0.05) is 188 Å². The summed E-state index contributed by atoms with van der Waals surface area (Å²) in [6.45, 7) is 10.5. The quantitative estimate of drug-likeness (QED) is 0.0349. The molecule has 56 heavy (non-hydrogen) atoms. The normalized spacial score (nSPS) is 12.8. The Hall–Kier alpha value is -1.21. The lowest BCUT2D eigenvalue weighted by Crippen LogP contribution is -2.41. The van der Waals surface area contributed by atoms with Crippen LogP contribution in [0, 0.1) is 0 Å². The third-order valence-electron chi connectivity index (χ3n) is 11.5. The zero-order valence-electron chi connectivity index (χ0n) is 38.5. The van der Waals surface area contributed by atoms with Crippen LogP contribution >= 0.6 is 0 Å². The highest BCUT2D eigenvalue weighted by Crippen LogP contribution is 2.23. The monoisotopic (exact) mass is 797 g/mol. The Morgan fingerprint density at radius 1 is 0.482 bits per heavy atom. The summed E-state index contributed by atoms with van der Waals surface area (Å²) in [5.41, 5.74) is 0. The van der Waals surface area contributed by atoms with Crippen LogP contribution < -0.4 is 0 Å². The third-order valence-corrected chi connectivity index (χ3v) is 11.5. The summed E-state index contributed by atoms with van der Waals surface area (Å²) >= 11 is 0. The van der Waals surface area contributed by atoms with Crippen molar-refractivity contribution in [2.45, 2.75) is 277 Å². The van der Waals surface area contributed by atoms with Crippen LogP contribution in [-0.4, -0.2) is 67.4 Å². The maximum atomic E-state index is 15.1. The van der Waals surface area contributed by atoms with Crippen molar-refractivity contribution in [2.75, 3.05) is 27.2 Å².